The van der Waals surface area contributed by atoms with Crippen molar-refractivity contribution in [1.82, 2.24) is 9.97 Å². The van der Waals surface area contributed by atoms with Gasteiger partial charge >= 0.3 is 6.18 Å². The fourth-order valence-electron chi connectivity index (χ4n) is 1.47. The Morgan fingerprint density at radius 1 is 1.21 bits per heavy atom. The smallest absolute Gasteiger partial charge is 0.326 e. The van der Waals surface area contributed by atoms with Crippen LogP contribution in [0.2, 0.25) is 0 Å². The quantitative estimate of drug-likeness (QED) is 0.941. The SMILES string of the molecule is NCc1ccc(Sc2cnccn2)c(C(F)(F)F)c1. The largest absolute Gasteiger partial charge is 0.417 e. The van der Waals surface area contributed by atoms with Crippen LogP contribution < -0.4 is 5.73 Å². The van der Waals surface area contributed by atoms with Crippen LogP contribution in [0, 0.1) is 0 Å². The highest BCUT2D eigenvalue weighted by Gasteiger charge is 2.34. The van der Waals surface area contributed by atoms with E-state index in [0.717, 1.165) is 17.8 Å². The molecular formula is C12H10F3N3S. The van der Waals surface area contributed by atoms with Crippen molar-refractivity contribution in [3.8, 4) is 0 Å². The van der Waals surface area contributed by atoms with Gasteiger partial charge in [0.2, 0.25) is 0 Å². The minimum absolute atomic E-state index is 0.0686. The van der Waals surface area contributed by atoms with Gasteiger partial charge in [0.05, 0.1) is 11.8 Å². The third-order valence-electron chi connectivity index (χ3n) is 2.34. The van der Waals surface area contributed by atoms with Crippen molar-refractivity contribution in [3.05, 3.63) is 47.9 Å². The number of hydrogen-bond acceptors (Lipinski definition) is 4. The number of nitrogens with zero attached hydrogens (tertiary/aromatic N) is 2. The molecule has 0 aliphatic carbocycles. The summed E-state index contributed by atoms with van der Waals surface area (Å²) in [5.74, 6) is 0. The molecule has 1 heterocycles. The van der Waals surface area contributed by atoms with Gasteiger partial charge in [-0.25, -0.2) is 4.98 Å². The van der Waals surface area contributed by atoms with Crippen LogP contribution in [0.4, 0.5) is 13.2 Å². The summed E-state index contributed by atoms with van der Waals surface area (Å²) in [6.07, 6.45) is -0.104. The number of benzene rings is 1. The van der Waals surface area contributed by atoms with E-state index >= 15 is 0 Å². The summed E-state index contributed by atoms with van der Waals surface area (Å²) in [5, 5.41) is 0.411. The Morgan fingerprint density at radius 2 is 2.00 bits per heavy atom. The molecule has 2 N–H and O–H groups in total. The van der Waals surface area contributed by atoms with Crippen molar-refractivity contribution in [2.24, 2.45) is 5.73 Å². The molecule has 0 fully saturated rings. The number of alkyl halides is 3. The predicted molar refractivity (Wildman–Crippen MR) is 65.5 cm³/mol. The van der Waals surface area contributed by atoms with Crippen LogP contribution in [0.1, 0.15) is 11.1 Å². The number of nitrogens with two attached hydrogens (primary N) is 1. The van der Waals surface area contributed by atoms with Crippen molar-refractivity contribution in [2.75, 3.05) is 0 Å². The summed E-state index contributed by atoms with van der Waals surface area (Å²) < 4.78 is 38.9. The molecule has 3 nitrogen and oxygen atoms in total. The lowest BCUT2D eigenvalue weighted by Gasteiger charge is -2.13. The van der Waals surface area contributed by atoms with Crippen LogP contribution in [0.15, 0.2) is 46.7 Å². The number of rotatable bonds is 3. The lowest BCUT2D eigenvalue weighted by molar-refractivity contribution is -0.139. The lowest BCUT2D eigenvalue weighted by atomic mass is 10.1. The molecule has 19 heavy (non-hydrogen) atoms. The van der Waals surface area contributed by atoms with E-state index in [1.54, 1.807) is 6.07 Å². The van der Waals surface area contributed by atoms with Gasteiger partial charge in [-0.1, -0.05) is 17.8 Å². The molecule has 0 saturated heterocycles. The van der Waals surface area contributed by atoms with E-state index in [4.69, 9.17) is 5.73 Å². The maximum Gasteiger partial charge on any atom is 0.417 e. The van der Waals surface area contributed by atoms with Crippen molar-refractivity contribution in [2.45, 2.75) is 22.6 Å². The van der Waals surface area contributed by atoms with Crippen molar-refractivity contribution in [3.63, 3.8) is 0 Å². The molecule has 2 rings (SSSR count). The van der Waals surface area contributed by atoms with Gasteiger partial charge in [0.25, 0.3) is 0 Å². The second kappa shape index (κ2) is 5.58. The second-order valence-electron chi connectivity index (χ2n) is 3.68. The minimum Gasteiger partial charge on any atom is -0.326 e. The van der Waals surface area contributed by atoms with Gasteiger partial charge in [-0.05, 0) is 17.7 Å². The van der Waals surface area contributed by atoms with Crippen LogP contribution in [-0.4, -0.2) is 9.97 Å². The standard InChI is InChI=1S/C12H10F3N3S/c13-12(14,15)9-5-8(6-16)1-2-10(9)19-11-7-17-3-4-18-11/h1-5,7H,6,16H2. The Kier molecular flexibility index (Phi) is 4.06. The maximum absolute atomic E-state index is 13.0. The molecule has 0 aliphatic heterocycles. The fourth-order valence-corrected chi connectivity index (χ4v) is 2.34. The first-order valence-corrected chi connectivity index (χ1v) is 6.16. The molecule has 2 aromatic rings. The highest BCUT2D eigenvalue weighted by Crippen LogP contribution is 2.39. The maximum atomic E-state index is 13.0. The highest BCUT2D eigenvalue weighted by molar-refractivity contribution is 7.99. The zero-order valence-corrected chi connectivity index (χ0v) is 10.5. The Hall–Kier alpha value is -1.60. The first kappa shape index (κ1) is 13.8. The lowest BCUT2D eigenvalue weighted by Crippen LogP contribution is -2.09. The number of hydrogen-bond donors (Lipinski definition) is 1. The van der Waals surface area contributed by atoms with Crippen molar-refractivity contribution in [1.29, 1.82) is 0 Å². The highest BCUT2D eigenvalue weighted by atomic mass is 32.2. The third-order valence-corrected chi connectivity index (χ3v) is 3.33. The molecule has 1 aromatic heterocycles. The monoisotopic (exact) mass is 285 g/mol. The van der Waals surface area contributed by atoms with E-state index in [1.807, 2.05) is 0 Å². The Morgan fingerprint density at radius 3 is 2.58 bits per heavy atom. The third kappa shape index (κ3) is 3.45. The molecule has 7 heteroatoms. The van der Waals surface area contributed by atoms with Crippen LogP contribution in [-0.2, 0) is 12.7 Å². The fraction of sp³-hybridized carbons (Fsp3) is 0.167. The molecule has 0 amide bonds. The van der Waals surface area contributed by atoms with E-state index in [9.17, 15) is 13.2 Å². The Balaban J connectivity index is 2.40. The van der Waals surface area contributed by atoms with Gasteiger partial charge in [0.15, 0.2) is 0 Å². The zero-order chi connectivity index (χ0) is 13.9. The topological polar surface area (TPSA) is 51.8 Å². The Bertz CT molecular complexity index is 558. The summed E-state index contributed by atoms with van der Waals surface area (Å²) in [4.78, 5) is 7.86. The zero-order valence-electron chi connectivity index (χ0n) is 9.69. The molecule has 0 spiro atoms. The van der Waals surface area contributed by atoms with Crippen LogP contribution in [0.5, 0.6) is 0 Å². The molecule has 0 saturated carbocycles. The van der Waals surface area contributed by atoms with Crippen LogP contribution >= 0.6 is 11.8 Å². The van der Waals surface area contributed by atoms with Crippen LogP contribution in [0.25, 0.3) is 0 Å². The van der Waals surface area contributed by atoms with Gasteiger partial charge < -0.3 is 5.73 Å². The predicted octanol–water partition coefficient (Wildman–Crippen LogP) is 3.11. The summed E-state index contributed by atoms with van der Waals surface area (Å²) in [5.41, 5.74) is 5.11. The van der Waals surface area contributed by atoms with Gasteiger partial charge in [-0.3, -0.25) is 4.98 Å². The first-order valence-electron chi connectivity index (χ1n) is 5.35. The van der Waals surface area contributed by atoms with Gasteiger partial charge in [-0.2, -0.15) is 13.2 Å². The van der Waals surface area contributed by atoms with Crippen LogP contribution in [0.3, 0.4) is 0 Å². The number of aromatic nitrogens is 2. The normalized spacial score (nSPS) is 11.6. The minimum atomic E-state index is -4.42. The molecule has 100 valence electrons. The summed E-state index contributed by atoms with van der Waals surface area (Å²) in [6.45, 7) is 0.0686. The van der Waals surface area contributed by atoms with E-state index < -0.39 is 11.7 Å². The van der Waals surface area contributed by atoms with E-state index in [2.05, 4.69) is 9.97 Å². The molecule has 0 atom stereocenters. The molecule has 0 radical (unpaired) electrons. The molecule has 0 unspecified atom stereocenters. The van der Waals surface area contributed by atoms with Gasteiger partial charge in [0.1, 0.15) is 5.03 Å². The van der Waals surface area contributed by atoms with Crippen molar-refractivity contribution >= 4 is 11.8 Å². The summed E-state index contributed by atoms with van der Waals surface area (Å²) in [7, 11) is 0. The molecule has 0 aliphatic rings. The van der Waals surface area contributed by atoms with E-state index in [-0.39, 0.29) is 11.4 Å². The average Bonchev–Trinajstić information content (AvgIpc) is 2.39. The molecule has 1 aromatic carbocycles. The molecular weight excluding hydrogens is 275 g/mol. The average molecular weight is 285 g/mol. The first-order chi connectivity index (χ1) is 9.00. The Labute approximate surface area is 112 Å². The van der Waals surface area contributed by atoms with E-state index in [1.165, 1.54) is 24.7 Å². The number of halogens is 3. The molecule has 0 bridgehead atoms. The van der Waals surface area contributed by atoms with Gasteiger partial charge in [-0.15, -0.1) is 0 Å². The van der Waals surface area contributed by atoms with Gasteiger partial charge in [0, 0.05) is 23.8 Å². The van der Waals surface area contributed by atoms with Crippen molar-refractivity contribution < 1.29 is 13.2 Å². The summed E-state index contributed by atoms with van der Waals surface area (Å²) in [6, 6.07) is 4.05. The second-order valence-corrected chi connectivity index (χ2v) is 4.74. The summed E-state index contributed by atoms with van der Waals surface area (Å²) >= 11 is 0.926. The van der Waals surface area contributed by atoms with E-state index in [0.29, 0.717) is 10.6 Å².